The maximum absolute atomic E-state index is 12.5. The number of nitrogens with zero attached hydrogens (tertiary/aromatic N) is 4. The van der Waals surface area contributed by atoms with Crippen molar-refractivity contribution in [3.05, 3.63) is 42.0 Å². The number of piperazine rings is 1. The molecule has 4 heterocycles. The van der Waals surface area contributed by atoms with Gasteiger partial charge in [-0.3, -0.25) is 20.3 Å². The molecular weight excluding hydrogens is 504 g/mol. The highest BCUT2D eigenvalue weighted by Crippen LogP contribution is 2.47. The second-order valence-corrected chi connectivity index (χ2v) is 12.5. The Balaban J connectivity index is 1.21. The average Bonchev–Trinajstić information content (AvgIpc) is 3.54. The highest BCUT2D eigenvalue weighted by molar-refractivity contribution is 5.87. The molecule has 216 valence electrons. The molecule has 0 bridgehead atoms. The Morgan fingerprint density at radius 3 is 2.90 bits per heavy atom. The Bertz CT molecular complexity index is 1150. The first-order valence-corrected chi connectivity index (χ1v) is 15.1. The molecular formula is C31H44N6O3. The van der Waals surface area contributed by atoms with Gasteiger partial charge in [0.15, 0.2) is 6.35 Å². The zero-order valence-corrected chi connectivity index (χ0v) is 24.0. The molecule has 1 aromatic carbocycles. The first-order valence-electron chi connectivity index (χ1n) is 15.1. The van der Waals surface area contributed by atoms with Gasteiger partial charge in [-0.15, -0.1) is 0 Å². The third kappa shape index (κ3) is 5.28. The lowest BCUT2D eigenvalue weighted by Gasteiger charge is -2.54. The van der Waals surface area contributed by atoms with Gasteiger partial charge in [0.05, 0.1) is 31.3 Å². The molecule has 1 aromatic rings. The highest BCUT2D eigenvalue weighted by atomic mass is 16.5. The molecule has 1 saturated carbocycles. The molecule has 1 aliphatic carbocycles. The van der Waals surface area contributed by atoms with Gasteiger partial charge in [0.1, 0.15) is 11.4 Å². The number of amides is 1. The van der Waals surface area contributed by atoms with E-state index in [9.17, 15) is 10.1 Å². The van der Waals surface area contributed by atoms with Crippen LogP contribution in [0.15, 0.2) is 30.9 Å². The van der Waals surface area contributed by atoms with Gasteiger partial charge in [-0.2, -0.15) is 5.26 Å². The van der Waals surface area contributed by atoms with Gasteiger partial charge in [0, 0.05) is 56.0 Å². The third-order valence-corrected chi connectivity index (χ3v) is 10.1. The molecule has 9 nitrogen and oxygen atoms in total. The van der Waals surface area contributed by atoms with E-state index in [0.717, 1.165) is 44.5 Å². The number of aryl methyl sites for hydroxylation is 1. The van der Waals surface area contributed by atoms with Crippen molar-refractivity contribution in [3.63, 3.8) is 0 Å². The van der Waals surface area contributed by atoms with E-state index in [2.05, 4.69) is 65.3 Å². The number of hydrogen-bond acceptors (Lipinski definition) is 8. The second kappa shape index (κ2) is 11.4. The highest BCUT2D eigenvalue weighted by Gasteiger charge is 2.52. The Hall–Kier alpha value is -2.48. The minimum absolute atomic E-state index is 0.0919. The van der Waals surface area contributed by atoms with Gasteiger partial charge in [0.25, 0.3) is 0 Å². The van der Waals surface area contributed by atoms with E-state index in [1.807, 2.05) is 4.90 Å². The lowest BCUT2D eigenvalue weighted by Crippen LogP contribution is -2.73. The van der Waals surface area contributed by atoms with Crippen LogP contribution in [0.5, 0.6) is 5.75 Å². The summed E-state index contributed by atoms with van der Waals surface area (Å²) < 4.78 is 13.3. The van der Waals surface area contributed by atoms with E-state index in [0.29, 0.717) is 38.1 Å². The van der Waals surface area contributed by atoms with Crippen LogP contribution in [0.1, 0.15) is 49.7 Å². The van der Waals surface area contributed by atoms with Crippen LogP contribution in [-0.2, 0) is 16.0 Å². The lowest BCUT2D eigenvalue weighted by molar-refractivity contribution is -0.138. The number of nitriles is 1. The summed E-state index contributed by atoms with van der Waals surface area (Å²) in [6, 6.07) is 9.24. The zero-order valence-electron chi connectivity index (χ0n) is 24.0. The molecule has 2 N–H and O–H groups in total. The molecule has 5 aliphatic rings. The van der Waals surface area contributed by atoms with Crippen molar-refractivity contribution < 1.29 is 14.3 Å². The molecule has 1 amide bonds. The van der Waals surface area contributed by atoms with Gasteiger partial charge in [0.2, 0.25) is 5.91 Å². The predicted octanol–water partition coefficient (Wildman–Crippen LogP) is 2.36. The molecule has 7 atom stereocenters. The Morgan fingerprint density at radius 2 is 2.15 bits per heavy atom. The van der Waals surface area contributed by atoms with Crippen molar-refractivity contribution in [3.8, 4) is 11.8 Å². The molecule has 40 heavy (non-hydrogen) atoms. The van der Waals surface area contributed by atoms with Gasteiger partial charge in [-0.1, -0.05) is 18.7 Å². The summed E-state index contributed by atoms with van der Waals surface area (Å²) in [5.41, 5.74) is 2.48. The molecule has 6 rings (SSSR count). The van der Waals surface area contributed by atoms with Crippen LogP contribution in [0.4, 0.5) is 0 Å². The number of benzene rings is 1. The number of likely N-dealkylation sites (tertiary alicyclic amines) is 1. The fourth-order valence-electron chi connectivity index (χ4n) is 7.90. The summed E-state index contributed by atoms with van der Waals surface area (Å²) in [5, 5.41) is 17.2. The van der Waals surface area contributed by atoms with Gasteiger partial charge in [-0.05, 0) is 63.9 Å². The van der Waals surface area contributed by atoms with E-state index < -0.39 is 0 Å². The minimum Gasteiger partial charge on any atom is -0.487 e. The van der Waals surface area contributed by atoms with Crippen molar-refractivity contribution in [2.24, 2.45) is 5.92 Å². The van der Waals surface area contributed by atoms with Crippen LogP contribution in [0.3, 0.4) is 0 Å². The fraction of sp³-hybridized carbons (Fsp3) is 0.677. The maximum Gasteiger partial charge on any atom is 0.246 e. The molecule has 9 heteroatoms. The second-order valence-electron chi connectivity index (χ2n) is 12.5. The van der Waals surface area contributed by atoms with Crippen LogP contribution in [0, 0.1) is 24.2 Å². The van der Waals surface area contributed by atoms with Gasteiger partial charge >= 0.3 is 0 Å². The molecule has 6 unspecified atom stereocenters. The van der Waals surface area contributed by atoms with Crippen LogP contribution in [-0.4, -0.2) is 96.7 Å². The number of ether oxygens (including phenoxy) is 2. The molecule has 0 aromatic heterocycles. The summed E-state index contributed by atoms with van der Waals surface area (Å²) in [6.45, 7) is 9.70. The van der Waals surface area contributed by atoms with E-state index in [-0.39, 0.29) is 36.1 Å². The number of likely N-dealkylation sites (N-methyl/N-ethyl adjacent to an activating group) is 1. The predicted molar refractivity (Wildman–Crippen MR) is 152 cm³/mol. The topological polar surface area (TPSA) is 93.1 Å². The maximum atomic E-state index is 12.5. The van der Waals surface area contributed by atoms with Gasteiger partial charge in [-0.25, -0.2) is 0 Å². The molecule has 1 spiro atoms. The number of carbonyl (C=O) groups excluding carboxylic acids is 1. The first-order chi connectivity index (χ1) is 19.4. The van der Waals surface area contributed by atoms with Gasteiger partial charge < -0.3 is 19.3 Å². The van der Waals surface area contributed by atoms with Crippen LogP contribution < -0.4 is 15.4 Å². The quantitative estimate of drug-likeness (QED) is 0.524. The van der Waals surface area contributed by atoms with Crippen molar-refractivity contribution in [1.82, 2.24) is 25.3 Å². The fourth-order valence-corrected chi connectivity index (χ4v) is 7.90. The first kappa shape index (κ1) is 27.7. The standard InChI is InChI=1S/C31H44N6O3/c1-4-28(38)37-16-15-36(19-22(37)11-13-32)29-24-10-12-31(17-25-21(2)7-5-9-27(25)40-31)18-26(24)33-30(34-29)39-20-23-8-6-14-35(23)3/h4-5,7,9,22-24,26,29-30,33-34H,1,6,8,10-12,14-20H2,2-3H3/t22?,23?,24?,26?,29?,30?,31-/m0/s1. The number of nitrogens with one attached hydrogen (secondary N) is 2. The summed E-state index contributed by atoms with van der Waals surface area (Å²) in [6.07, 6.45) is 7.85. The smallest absolute Gasteiger partial charge is 0.246 e. The summed E-state index contributed by atoms with van der Waals surface area (Å²) in [4.78, 5) is 19.2. The molecule has 0 radical (unpaired) electrons. The van der Waals surface area contributed by atoms with Crippen molar-refractivity contribution in [2.45, 2.75) is 88.1 Å². The molecule has 3 saturated heterocycles. The van der Waals surface area contributed by atoms with Crippen molar-refractivity contribution >= 4 is 5.91 Å². The Labute approximate surface area is 238 Å². The van der Waals surface area contributed by atoms with E-state index in [4.69, 9.17) is 9.47 Å². The molecule has 4 fully saturated rings. The van der Waals surface area contributed by atoms with Crippen molar-refractivity contribution in [1.29, 1.82) is 5.26 Å². The minimum atomic E-state index is -0.261. The van der Waals surface area contributed by atoms with Crippen LogP contribution in [0.25, 0.3) is 0 Å². The van der Waals surface area contributed by atoms with Crippen LogP contribution >= 0.6 is 0 Å². The number of hydrogen-bond donors (Lipinski definition) is 2. The number of fused-ring (bicyclic) bond motifs is 2. The van der Waals surface area contributed by atoms with E-state index >= 15 is 0 Å². The van der Waals surface area contributed by atoms with E-state index in [1.54, 1.807) is 0 Å². The Kier molecular flexibility index (Phi) is 7.90. The van der Waals surface area contributed by atoms with Crippen molar-refractivity contribution in [2.75, 3.05) is 39.8 Å². The number of carbonyl (C=O) groups is 1. The number of rotatable bonds is 6. The Morgan fingerprint density at radius 1 is 1.27 bits per heavy atom. The molecule has 4 aliphatic heterocycles. The monoisotopic (exact) mass is 548 g/mol. The third-order valence-electron chi connectivity index (χ3n) is 10.1. The summed E-state index contributed by atoms with van der Waals surface area (Å²) in [7, 11) is 2.18. The van der Waals surface area contributed by atoms with E-state index in [1.165, 1.54) is 30.0 Å². The SMILES string of the molecule is C=CC(=O)N1CCN(C2NC(OCC3CCCN3C)NC3C[C@]4(CCC32)Cc2c(C)cccc2O4)CC1CC#N. The zero-order chi connectivity index (χ0) is 27.9. The summed E-state index contributed by atoms with van der Waals surface area (Å²) >= 11 is 0. The normalized spacial score (nSPS) is 36.1. The summed E-state index contributed by atoms with van der Waals surface area (Å²) in [5.74, 6) is 1.33. The van der Waals surface area contributed by atoms with Crippen LogP contribution in [0.2, 0.25) is 0 Å². The average molecular weight is 549 g/mol. The lowest BCUT2D eigenvalue weighted by atomic mass is 9.71. The largest absolute Gasteiger partial charge is 0.487 e.